The van der Waals surface area contributed by atoms with Gasteiger partial charge in [-0.1, -0.05) is 43.7 Å². The van der Waals surface area contributed by atoms with Gasteiger partial charge in [0.1, 0.15) is 17.4 Å². The quantitative estimate of drug-likeness (QED) is 0.338. The van der Waals surface area contributed by atoms with Crippen molar-refractivity contribution in [2.45, 2.75) is 25.9 Å². The van der Waals surface area contributed by atoms with Gasteiger partial charge in [0.2, 0.25) is 0 Å². The maximum Gasteiger partial charge on any atom is 0.194 e. The van der Waals surface area contributed by atoms with Crippen molar-refractivity contribution in [2.75, 3.05) is 0 Å². The monoisotopic (exact) mass is 426 g/mol. The minimum Gasteiger partial charge on any atom is -0.241 e. The maximum atomic E-state index is 15.2. The van der Waals surface area contributed by atoms with E-state index in [9.17, 15) is 17.6 Å². The van der Waals surface area contributed by atoms with E-state index in [1.165, 1.54) is 6.92 Å². The molecule has 0 amide bonds. The van der Waals surface area contributed by atoms with E-state index in [0.717, 1.165) is 12.2 Å². The summed E-state index contributed by atoms with van der Waals surface area (Å²) in [6, 6.07) is 8.69. The smallest absolute Gasteiger partial charge is 0.194 e. The summed E-state index contributed by atoms with van der Waals surface area (Å²) in [5.74, 6) is -10.3. The van der Waals surface area contributed by atoms with E-state index in [2.05, 4.69) is 0 Å². The van der Waals surface area contributed by atoms with Crippen molar-refractivity contribution in [2.24, 2.45) is 5.41 Å². The van der Waals surface area contributed by atoms with E-state index in [0.29, 0.717) is 5.56 Å². The van der Waals surface area contributed by atoms with Gasteiger partial charge in [-0.2, -0.15) is 0 Å². The molecule has 0 radical (unpaired) electrons. The lowest BCUT2D eigenvalue weighted by atomic mass is 9.71. The van der Waals surface area contributed by atoms with Gasteiger partial charge in [-0.05, 0) is 41.8 Å². The first kappa shape index (κ1) is 21.9. The fourth-order valence-corrected chi connectivity index (χ4v) is 3.55. The van der Waals surface area contributed by atoms with Crippen molar-refractivity contribution in [1.29, 1.82) is 0 Å². The van der Waals surface area contributed by atoms with Crippen LogP contribution < -0.4 is 0 Å². The SMILES string of the molecule is CCCC1(C(F)=C(F)c2cc(F)c(F)c(F)c2)C(F)=CC(c2ccccc2)=CC1F. The van der Waals surface area contributed by atoms with E-state index in [4.69, 9.17) is 0 Å². The Morgan fingerprint density at radius 1 is 0.967 bits per heavy atom. The average molecular weight is 426 g/mol. The van der Waals surface area contributed by atoms with Crippen LogP contribution >= 0.6 is 0 Å². The van der Waals surface area contributed by atoms with Gasteiger partial charge < -0.3 is 0 Å². The second-order valence-corrected chi connectivity index (χ2v) is 6.99. The highest BCUT2D eigenvalue weighted by Gasteiger charge is 2.50. The third-order valence-electron chi connectivity index (χ3n) is 5.08. The molecule has 1 aliphatic carbocycles. The fraction of sp³-hybridized carbons (Fsp3) is 0.217. The van der Waals surface area contributed by atoms with Crippen molar-refractivity contribution in [3.05, 3.63) is 94.8 Å². The largest absolute Gasteiger partial charge is 0.241 e. The lowest BCUT2D eigenvalue weighted by Crippen LogP contribution is -2.35. The Balaban J connectivity index is 2.14. The van der Waals surface area contributed by atoms with E-state index < -0.39 is 58.5 Å². The minimum absolute atomic E-state index is 0.0863. The van der Waals surface area contributed by atoms with Gasteiger partial charge in [-0.25, -0.2) is 30.7 Å². The highest BCUT2D eigenvalue weighted by Crippen LogP contribution is 2.52. The Bertz CT molecular complexity index is 1010. The molecule has 0 fully saturated rings. The number of alkyl halides is 1. The average Bonchev–Trinajstić information content (AvgIpc) is 2.73. The van der Waals surface area contributed by atoms with Gasteiger partial charge in [-0.3, -0.25) is 0 Å². The molecule has 0 spiro atoms. The van der Waals surface area contributed by atoms with E-state index in [1.54, 1.807) is 30.3 Å². The molecule has 2 aromatic rings. The van der Waals surface area contributed by atoms with Gasteiger partial charge in [0.25, 0.3) is 0 Å². The number of hydrogen-bond acceptors (Lipinski definition) is 0. The summed E-state index contributed by atoms with van der Waals surface area (Å²) in [5.41, 5.74) is -2.98. The molecule has 0 aromatic heterocycles. The Morgan fingerprint density at radius 2 is 1.57 bits per heavy atom. The van der Waals surface area contributed by atoms with Crippen LogP contribution in [0.2, 0.25) is 0 Å². The van der Waals surface area contributed by atoms with Crippen LogP contribution in [-0.2, 0) is 0 Å². The molecule has 0 heterocycles. The Morgan fingerprint density at radius 3 is 2.10 bits per heavy atom. The van der Waals surface area contributed by atoms with Gasteiger partial charge in [0, 0.05) is 5.56 Å². The zero-order chi connectivity index (χ0) is 22.1. The summed E-state index contributed by atoms with van der Waals surface area (Å²) in [6.07, 6.45) is -0.755. The van der Waals surface area contributed by atoms with Gasteiger partial charge >= 0.3 is 0 Å². The summed E-state index contributed by atoms with van der Waals surface area (Å²) < 4.78 is 100. The van der Waals surface area contributed by atoms with E-state index in [1.807, 2.05) is 0 Å². The number of halogens is 7. The second-order valence-electron chi connectivity index (χ2n) is 6.99. The van der Waals surface area contributed by atoms with Crippen LogP contribution in [0.5, 0.6) is 0 Å². The van der Waals surface area contributed by atoms with Crippen molar-refractivity contribution in [3.63, 3.8) is 0 Å². The third kappa shape index (κ3) is 3.68. The van der Waals surface area contributed by atoms with Gasteiger partial charge in [0.15, 0.2) is 29.1 Å². The van der Waals surface area contributed by atoms with Crippen molar-refractivity contribution in [1.82, 2.24) is 0 Å². The Hall–Kier alpha value is -2.83. The van der Waals surface area contributed by atoms with E-state index >= 15 is 13.2 Å². The summed E-state index contributed by atoms with van der Waals surface area (Å²) in [5, 5.41) is 0. The van der Waals surface area contributed by atoms with Crippen LogP contribution in [0.1, 0.15) is 30.9 Å². The number of benzene rings is 2. The highest BCUT2D eigenvalue weighted by atomic mass is 19.2. The van der Waals surface area contributed by atoms with Crippen LogP contribution in [0.15, 0.2) is 66.3 Å². The van der Waals surface area contributed by atoms with Crippen LogP contribution in [0.3, 0.4) is 0 Å². The lowest BCUT2D eigenvalue weighted by Gasteiger charge is -2.35. The Labute approximate surface area is 169 Å². The van der Waals surface area contributed by atoms with Crippen molar-refractivity contribution < 1.29 is 30.7 Å². The summed E-state index contributed by atoms with van der Waals surface area (Å²) in [7, 11) is 0. The zero-order valence-corrected chi connectivity index (χ0v) is 15.8. The fourth-order valence-electron chi connectivity index (χ4n) is 3.55. The van der Waals surface area contributed by atoms with Crippen LogP contribution in [0.25, 0.3) is 11.4 Å². The topological polar surface area (TPSA) is 0 Å². The maximum absolute atomic E-state index is 15.2. The first-order valence-electron chi connectivity index (χ1n) is 9.22. The number of hydrogen-bond donors (Lipinski definition) is 0. The molecule has 0 N–H and O–H groups in total. The van der Waals surface area contributed by atoms with Crippen molar-refractivity contribution >= 4 is 11.4 Å². The predicted molar refractivity (Wildman–Crippen MR) is 101 cm³/mol. The molecule has 2 atom stereocenters. The van der Waals surface area contributed by atoms with Crippen LogP contribution in [0, 0.1) is 22.9 Å². The van der Waals surface area contributed by atoms with Crippen LogP contribution in [-0.4, -0.2) is 6.17 Å². The number of allylic oxidation sites excluding steroid dienone is 5. The van der Waals surface area contributed by atoms with Crippen LogP contribution in [0.4, 0.5) is 30.7 Å². The van der Waals surface area contributed by atoms with E-state index in [-0.39, 0.29) is 24.1 Å². The molecule has 0 nitrogen and oxygen atoms in total. The first-order valence-corrected chi connectivity index (χ1v) is 9.22. The molecule has 30 heavy (non-hydrogen) atoms. The molecule has 0 bridgehead atoms. The standard InChI is InChI=1S/C23H17F7/c1-2-8-23(22(30)20(28)15-9-16(24)21(29)17(25)10-15)18(26)11-14(12-19(23)27)13-6-4-3-5-7-13/h3-7,9-12,18H,2,8H2,1H3. The molecule has 0 saturated carbocycles. The Kier molecular flexibility index (Phi) is 6.19. The molecule has 158 valence electrons. The number of rotatable bonds is 5. The zero-order valence-electron chi connectivity index (χ0n) is 15.8. The lowest BCUT2D eigenvalue weighted by molar-refractivity contribution is 0.146. The van der Waals surface area contributed by atoms with Crippen molar-refractivity contribution in [3.8, 4) is 0 Å². The summed E-state index contributed by atoms with van der Waals surface area (Å²) in [6.45, 7) is 1.53. The molecular weight excluding hydrogens is 409 g/mol. The third-order valence-corrected chi connectivity index (χ3v) is 5.08. The molecule has 0 saturated heterocycles. The summed E-state index contributed by atoms with van der Waals surface area (Å²) in [4.78, 5) is 0. The predicted octanol–water partition coefficient (Wildman–Crippen LogP) is 7.79. The van der Waals surface area contributed by atoms with Gasteiger partial charge in [-0.15, -0.1) is 0 Å². The first-order chi connectivity index (χ1) is 14.2. The second kappa shape index (κ2) is 8.50. The minimum atomic E-state index is -2.63. The molecule has 2 unspecified atom stereocenters. The normalized spacial score (nSPS) is 22.3. The molecule has 7 heteroatoms. The molecule has 2 aromatic carbocycles. The molecule has 3 rings (SSSR count). The highest BCUT2D eigenvalue weighted by molar-refractivity contribution is 5.77. The molecular formula is C23H17F7. The molecule has 0 aliphatic heterocycles. The summed E-state index contributed by atoms with van der Waals surface area (Å²) >= 11 is 0. The molecule has 1 aliphatic rings. The van der Waals surface area contributed by atoms with Gasteiger partial charge in [0.05, 0.1) is 0 Å².